The lowest BCUT2D eigenvalue weighted by atomic mass is 9.74. The van der Waals surface area contributed by atoms with E-state index in [0.29, 0.717) is 0 Å². The molecule has 9 heavy (non-hydrogen) atoms. The van der Waals surface area contributed by atoms with Gasteiger partial charge in [-0.2, -0.15) is 0 Å². The third-order valence-corrected chi connectivity index (χ3v) is 1.21. The molecule has 1 aliphatic carbocycles. The highest BCUT2D eigenvalue weighted by Gasteiger charge is 2.31. The van der Waals surface area contributed by atoms with Gasteiger partial charge in [0.25, 0.3) is 0 Å². The third-order valence-electron chi connectivity index (χ3n) is 1.21. The van der Waals surface area contributed by atoms with Crippen molar-refractivity contribution in [1.82, 2.24) is 0 Å². The zero-order valence-corrected chi connectivity index (χ0v) is 4.60. The molecular formula is C5H5BF3-. The lowest BCUT2D eigenvalue weighted by Crippen LogP contribution is -2.19. The summed E-state index contributed by atoms with van der Waals surface area (Å²) >= 11 is 0. The van der Waals surface area contributed by atoms with Crippen LogP contribution < -0.4 is 0 Å². The second kappa shape index (κ2) is 1.93. The Labute approximate surface area is 51.1 Å². The summed E-state index contributed by atoms with van der Waals surface area (Å²) in [4.78, 5) is 0. The van der Waals surface area contributed by atoms with Crippen molar-refractivity contribution in [1.29, 1.82) is 0 Å². The summed E-state index contributed by atoms with van der Waals surface area (Å²) in [5.41, 5.74) is 0. The van der Waals surface area contributed by atoms with Gasteiger partial charge in [-0.15, -0.1) is 12.2 Å². The quantitative estimate of drug-likeness (QED) is 0.481. The van der Waals surface area contributed by atoms with Crippen LogP contribution in [-0.2, 0) is 0 Å². The minimum absolute atomic E-state index is 1.15. The molecule has 0 nitrogen and oxygen atoms in total. The molecule has 0 saturated heterocycles. The Morgan fingerprint density at radius 1 is 1.00 bits per heavy atom. The van der Waals surface area contributed by atoms with Crippen LogP contribution in [0.15, 0.2) is 24.3 Å². The minimum atomic E-state index is -4.68. The highest BCUT2D eigenvalue weighted by Crippen LogP contribution is 2.31. The summed E-state index contributed by atoms with van der Waals surface area (Å²) in [6.45, 7) is -4.68. The molecule has 0 radical (unpaired) electrons. The topological polar surface area (TPSA) is 0 Å². The van der Waals surface area contributed by atoms with Crippen LogP contribution in [-0.4, -0.2) is 6.98 Å². The van der Waals surface area contributed by atoms with Crippen LogP contribution in [0.4, 0.5) is 12.9 Å². The van der Waals surface area contributed by atoms with Crippen LogP contribution in [0.1, 0.15) is 0 Å². The predicted octanol–water partition coefficient (Wildman–Crippen LogP) is 2.33. The first-order valence-corrected chi connectivity index (χ1v) is 2.65. The van der Waals surface area contributed by atoms with Crippen molar-refractivity contribution in [3.63, 3.8) is 0 Å². The van der Waals surface area contributed by atoms with Gasteiger partial charge < -0.3 is 12.9 Å². The summed E-state index contributed by atoms with van der Waals surface area (Å²) in [5, 5.41) is 0. The van der Waals surface area contributed by atoms with Crippen LogP contribution in [0.5, 0.6) is 0 Å². The largest absolute Gasteiger partial charge is 0.488 e. The molecule has 0 atom stereocenters. The van der Waals surface area contributed by atoms with Crippen molar-refractivity contribution in [2.75, 3.05) is 0 Å². The van der Waals surface area contributed by atoms with E-state index < -0.39 is 12.8 Å². The molecule has 0 unspecified atom stereocenters. The highest BCUT2D eigenvalue weighted by atomic mass is 19.4. The van der Waals surface area contributed by atoms with Gasteiger partial charge in [0.1, 0.15) is 0 Å². The first-order chi connectivity index (χ1) is 4.11. The van der Waals surface area contributed by atoms with Crippen molar-refractivity contribution in [2.45, 2.75) is 5.82 Å². The van der Waals surface area contributed by atoms with Gasteiger partial charge in [0, 0.05) is 0 Å². The molecule has 50 valence electrons. The fourth-order valence-corrected chi connectivity index (χ4v) is 0.701. The summed E-state index contributed by atoms with van der Waals surface area (Å²) in [6, 6.07) is 0. The molecule has 1 rings (SSSR count). The molecule has 0 spiro atoms. The van der Waals surface area contributed by atoms with Gasteiger partial charge in [0.15, 0.2) is 0 Å². The minimum Gasteiger partial charge on any atom is -0.448 e. The molecule has 4 heteroatoms. The molecule has 0 saturated carbocycles. The van der Waals surface area contributed by atoms with E-state index in [9.17, 15) is 12.9 Å². The van der Waals surface area contributed by atoms with Crippen molar-refractivity contribution in [3.05, 3.63) is 24.3 Å². The lowest BCUT2D eigenvalue weighted by molar-refractivity contribution is 0.464. The van der Waals surface area contributed by atoms with Crippen LogP contribution >= 0.6 is 0 Å². The average Bonchev–Trinajstić information content (AvgIpc) is 2.08. The van der Waals surface area contributed by atoms with Gasteiger partial charge in [0.2, 0.25) is 0 Å². The van der Waals surface area contributed by atoms with E-state index in [0.717, 1.165) is 12.2 Å². The zero-order valence-electron chi connectivity index (χ0n) is 4.60. The summed E-state index contributed by atoms with van der Waals surface area (Å²) < 4.78 is 35.2. The van der Waals surface area contributed by atoms with Gasteiger partial charge in [0.05, 0.1) is 0 Å². The molecule has 0 amide bonds. The molecule has 0 aromatic heterocycles. The number of halogens is 3. The third kappa shape index (κ3) is 1.37. The molecule has 0 aliphatic heterocycles. The fourth-order valence-electron chi connectivity index (χ4n) is 0.701. The molecule has 0 aromatic rings. The monoisotopic (exact) mass is 133 g/mol. The van der Waals surface area contributed by atoms with Gasteiger partial charge in [-0.1, -0.05) is 12.2 Å². The molecule has 0 fully saturated rings. The second-order valence-corrected chi connectivity index (χ2v) is 1.97. The number of rotatable bonds is 1. The smallest absolute Gasteiger partial charge is 0.448 e. The fraction of sp³-hybridized carbons (Fsp3) is 0.200. The van der Waals surface area contributed by atoms with E-state index in [2.05, 4.69) is 0 Å². The first kappa shape index (κ1) is 6.45. The predicted molar refractivity (Wildman–Crippen MR) is 31.1 cm³/mol. The molecule has 0 N–H and O–H groups in total. The van der Waals surface area contributed by atoms with E-state index in [1.807, 2.05) is 0 Å². The van der Waals surface area contributed by atoms with Crippen molar-refractivity contribution >= 4 is 6.98 Å². The number of allylic oxidation sites excluding steroid dienone is 4. The molecular weight excluding hydrogens is 128 g/mol. The standard InChI is InChI=1S/C5H5BF3/c7-6(8,9)5-3-1-2-4-5/h1-5H/q-1. The Morgan fingerprint density at radius 3 is 1.67 bits per heavy atom. The molecule has 0 bridgehead atoms. The van der Waals surface area contributed by atoms with Crippen LogP contribution in [0, 0.1) is 0 Å². The normalized spacial score (nSPS) is 19.4. The van der Waals surface area contributed by atoms with E-state index in [4.69, 9.17) is 0 Å². The van der Waals surface area contributed by atoms with Crippen LogP contribution in [0.3, 0.4) is 0 Å². The second-order valence-electron chi connectivity index (χ2n) is 1.97. The molecule has 1 aliphatic rings. The Kier molecular flexibility index (Phi) is 1.39. The van der Waals surface area contributed by atoms with E-state index in [-0.39, 0.29) is 0 Å². The van der Waals surface area contributed by atoms with E-state index in [1.54, 1.807) is 0 Å². The highest BCUT2D eigenvalue weighted by molar-refractivity contribution is 6.61. The SMILES string of the molecule is F[B-](F)(F)C1C=CC=C1. The average molecular weight is 133 g/mol. The summed E-state index contributed by atoms with van der Waals surface area (Å²) in [7, 11) is 0. The Bertz CT molecular complexity index is 144. The van der Waals surface area contributed by atoms with Crippen molar-refractivity contribution in [2.24, 2.45) is 0 Å². The molecule has 0 aromatic carbocycles. The zero-order chi connectivity index (χ0) is 6.91. The lowest BCUT2D eigenvalue weighted by Gasteiger charge is -2.17. The van der Waals surface area contributed by atoms with E-state index in [1.165, 1.54) is 12.2 Å². The van der Waals surface area contributed by atoms with Crippen LogP contribution in [0.2, 0.25) is 5.82 Å². The Morgan fingerprint density at radius 2 is 1.44 bits per heavy atom. The van der Waals surface area contributed by atoms with Crippen LogP contribution in [0.25, 0.3) is 0 Å². The maximum absolute atomic E-state index is 11.7. The van der Waals surface area contributed by atoms with Gasteiger partial charge in [-0.25, -0.2) is 0 Å². The van der Waals surface area contributed by atoms with Gasteiger partial charge in [-0.05, 0) is 5.82 Å². The summed E-state index contributed by atoms with van der Waals surface area (Å²) in [6.07, 6.45) is 5.14. The Hall–Kier alpha value is -0.665. The number of hydrogen-bond donors (Lipinski definition) is 0. The molecule has 0 heterocycles. The Balaban J connectivity index is 2.64. The van der Waals surface area contributed by atoms with E-state index >= 15 is 0 Å². The number of hydrogen-bond acceptors (Lipinski definition) is 0. The van der Waals surface area contributed by atoms with Gasteiger partial charge in [-0.3, -0.25) is 0 Å². The van der Waals surface area contributed by atoms with Crippen molar-refractivity contribution < 1.29 is 12.9 Å². The maximum atomic E-state index is 11.7. The van der Waals surface area contributed by atoms with Gasteiger partial charge >= 0.3 is 6.98 Å². The summed E-state index contributed by atoms with van der Waals surface area (Å²) in [5.74, 6) is -1.29. The maximum Gasteiger partial charge on any atom is 0.488 e. The first-order valence-electron chi connectivity index (χ1n) is 2.65. The van der Waals surface area contributed by atoms with Crippen molar-refractivity contribution in [3.8, 4) is 0 Å².